The van der Waals surface area contributed by atoms with Crippen molar-refractivity contribution in [1.82, 2.24) is 0 Å². The van der Waals surface area contributed by atoms with Crippen molar-refractivity contribution in [2.75, 3.05) is 5.32 Å². The van der Waals surface area contributed by atoms with Crippen molar-refractivity contribution in [3.8, 4) is 0 Å². The molecule has 0 fully saturated rings. The summed E-state index contributed by atoms with van der Waals surface area (Å²) in [6, 6.07) is 14.0. The van der Waals surface area contributed by atoms with E-state index < -0.39 is 6.04 Å². The van der Waals surface area contributed by atoms with E-state index in [-0.39, 0.29) is 5.91 Å². The minimum absolute atomic E-state index is 0.131. The summed E-state index contributed by atoms with van der Waals surface area (Å²) in [5.74, 6) is 0.411. The Morgan fingerprint density at radius 3 is 2.43 bits per heavy atom. The van der Waals surface area contributed by atoms with Crippen LogP contribution in [0.25, 0.3) is 0 Å². The van der Waals surface area contributed by atoms with E-state index in [9.17, 15) is 4.79 Å². The van der Waals surface area contributed by atoms with Gasteiger partial charge >= 0.3 is 0 Å². The molecule has 1 aliphatic heterocycles. The van der Waals surface area contributed by atoms with E-state index in [2.05, 4.69) is 43.4 Å². The number of rotatable bonds is 3. The minimum atomic E-state index is -0.538. The van der Waals surface area contributed by atoms with Crippen LogP contribution in [-0.4, -0.2) is 5.91 Å². The van der Waals surface area contributed by atoms with Gasteiger partial charge in [-0.25, -0.2) is 0 Å². The van der Waals surface area contributed by atoms with E-state index in [4.69, 9.17) is 5.73 Å². The Hall–Kier alpha value is -1.78. The lowest BCUT2D eigenvalue weighted by Gasteiger charge is -2.08. The molecule has 1 aliphatic rings. The molecule has 1 unspecified atom stereocenters. The van der Waals surface area contributed by atoms with E-state index in [0.29, 0.717) is 5.92 Å². The maximum atomic E-state index is 11.6. The summed E-state index contributed by atoms with van der Waals surface area (Å²) in [4.78, 5) is 13.8. The molecule has 0 bridgehead atoms. The number of nitrogens with two attached hydrogens (primary N) is 1. The largest absolute Gasteiger partial charge is 0.324 e. The summed E-state index contributed by atoms with van der Waals surface area (Å²) in [5.41, 5.74) is 8.86. The number of fused-ring (bicyclic) bond motifs is 1. The molecule has 1 heterocycles. The molecule has 2 aromatic carbocycles. The fourth-order valence-electron chi connectivity index (χ4n) is 2.39. The zero-order chi connectivity index (χ0) is 15.0. The second kappa shape index (κ2) is 5.54. The number of hydrogen-bond donors (Lipinski definition) is 2. The summed E-state index contributed by atoms with van der Waals surface area (Å²) in [6.45, 7) is 4.38. The Kier molecular flexibility index (Phi) is 3.74. The molecule has 1 atom stereocenters. The Bertz CT molecular complexity index is 680. The average molecular weight is 298 g/mol. The van der Waals surface area contributed by atoms with Gasteiger partial charge in [-0.3, -0.25) is 4.79 Å². The van der Waals surface area contributed by atoms with Crippen LogP contribution in [-0.2, 0) is 4.79 Å². The first-order valence-corrected chi connectivity index (χ1v) is 7.84. The third-order valence-corrected chi connectivity index (χ3v) is 4.68. The molecule has 3 nitrogen and oxygen atoms in total. The van der Waals surface area contributed by atoms with Crippen LogP contribution in [0.15, 0.2) is 52.3 Å². The lowest BCUT2D eigenvalue weighted by Crippen LogP contribution is -2.19. The molecule has 0 spiro atoms. The quantitative estimate of drug-likeness (QED) is 0.903. The van der Waals surface area contributed by atoms with Crippen LogP contribution in [0, 0.1) is 0 Å². The highest BCUT2D eigenvalue weighted by Crippen LogP contribution is 2.35. The molecule has 0 saturated carbocycles. The lowest BCUT2D eigenvalue weighted by molar-refractivity contribution is -0.116. The number of benzene rings is 2. The Morgan fingerprint density at radius 2 is 1.76 bits per heavy atom. The van der Waals surface area contributed by atoms with Crippen LogP contribution < -0.4 is 11.1 Å². The standard InChI is InChI=1S/C17H18N2OS/c1-10(2)11-3-5-12(6-4-11)21-13-7-8-14-15(9-13)19-17(20)16(14)18/h3-10,16H,18H2,1-2H3,(H,19,20). The molecule has 0 aromatic heterocycles. The number of anilines is 1. The number of nitrogens with one attached hydrogen (secondary N) is 1. The normalized spacial score (nSPS) is 17.0. The molecule has 2 aromatic rings. The van der Waals surface area contributed by atoms with Crippen LogP contribution in [0.3, 0.4) is 0 Å². The van der Waals surface area contributed by atoms with Gasteiger partial charge in [0.1, 0.15) is 6.04 Å². The monoisotopic (exact) mass is 298 g/mol. The fraction of sp³-hybridized carbons (Fsp3) is 0.235. The molecule has 0 aliphatic carbocycles. The van der Waals surface area contributed by atoms with Crippen molar-refractivity contribution in [2.45, 2.75) is 35.6 Å². The van der Waals surface area contributed by atoms with Gasteiger partial charge in [0, 0.05) is 21.0 Å². The predicted molar refractivity (Wildman–Crippen MR) is 86.7 cm³/mol. The van der Waals surface area contributed by atoms with E-state index >= 15 is 0 Å². The van der Waals surface area contributed by atoms with Gasteiger partial charge in [0.15, 0.2) is 0 Å². The minimum Gasteiger partial charge on any atom is -0.324 e. The first-order chi connectivity index (χ1) is 10.0. The Balaban J connectivity index is 1.80. The summed E-state index contributed by atoms with van der Waals surface area (Å²) >= 11 is 1.68. The van der Waals surface area contributed by atoms with Crippen molar-refractivity contribution < 1.29 is 4.79 Å². The molecular weight excluding hydrogens is 280 g/mol. The zero-order valence-electron chi connectivity index (χ0n) is 12.1. The van der Waals surface area contributed by atoms with Crippen LogP contribution >= 0.6 is 11.8 Å². The maximum Gasteiger partial charge on any atom is 0.245 e. The highest BCUT2D eigenvalue weighted by atomic mass is 32.2. The highest BCUT2D eigenvalue weighted by molar-refractivity contribution is 7.99. The third kappa shape index (κ3) is 2.82. The predicted octanol–water partition coefficient (Wildman–Crippen LogP) is 3.91. The van der Waals surface area contributed by atoms with Gasteiger partial charge in [0.25, 0.3) is 0 Å². The number of carbonyl (C=O) groups is 1. The molecule has 108 valence electrons. The second-order valence-electron chi connectivity index (χ2n) is 5.54. The molecule has 3 rings (SSSR count). The van der Waals surface area contributed by atoms with Crippen molar-refractivity contribution in [2.24, 2.45) is 5.73 Å². The van der Waals surface area contributed by atoms with Crippen molar-refractivity contribution >= 4 is 23.4 Å². The first-order valence-electron chi connectivity index (χ1n) is 7.03. The smallest absolute Gasteiger partial charge is 0.245 e. The fourth-order valence-corrected chi connectivity index (χ4v) is 3.24. The molecule has 21 heavy (non-hydrogen) atoms. The van der Waals surface area contributed by atoms with Gasteiger partial charge in [-0.05, 0) is 35.7 Å². The average Bonchev–Trinajstić information content (AvgIpc) is 2.74. The third-order valence-electron chi connectivity index (χ3n) is 3.68. The van der Waals surface area contributed by atoms with E-state index in [1.54, 1.807) is 11.8 Å². The van der Waals surface area contributed by atoms with Crippen LogP contribution in [0.5, 0.6) is 0 Å². The number of amides is 1. The van der Waals surface area contributed by atoms with Gasteiger partial charge in [0.2, 0.25) is 5.91 Å². The van der Waals surface area contributed by atoms with Crippen LogP contribution in [0.4, 0.5) is 5.69 Å². The molecule has 0 radical (unpaired) electrons. The van der Waals surface area contributed by atoms with Crippen molar-refractivity contribution in [3.05, 3.63) is 53.6 Å². The number of hydrogen-bond acceptors (Lipinski definition) is 3. The Morgan fingerprint density at radius 1 is 1.10 bits per heavy atom. The van der Waals surface area contributed by atoms with E-state index in [1.807, 2.05) is 18.2 Å². The van der Waals surface area contributed by atoms with Gasteiger partial charge < -0.3 is 11.1 Å². The number of carbonyl (C=O) groups excluding carboxylic acids is 1. The molecule has 0 saturated heterocycles. The summed E-state index contributed by atoms with van der Waals surface area (Å²) < 4.78 is 0. The molecule has 3 N–H and O–H groups in total. The molecule has 1 amide bonds. The Labute approximate surface area is 128 Å². The van der Waals surface area contributed by atoms with Gasteiger partial charge in [-0.15, -0.1) is 0 Å². The topological polar surface area (TPSA) is 55.1 Å². The maximum absolute atomic E-state index is 11.6. The van der Waals surface area contributed by atoms with Gasteiger partial charge in [-0.2, -0.15) is 0 Å². The summed E-state index contributed by atoms with van der Waals surface area (Å²) in [7, 11) is 0. The van der Waals surface area contributed by atoms with Crippen LogP contribution in [0.2, 0.25) is 0 Å². The molecular formula is C17H18N2OS. The highest BCUT2D eigenvalue weighted by Gasteiger charge is 2.26. The first kappa shape index (κ1) is 14.2. The lowest BCUT2D eigenvalue weighted by atomic mass is 10.0. The van der Waals surface area contributed by atoms with E-state index in [1.165, 1.54) is 10.5 Å². The summed E-state index contributed by atoms with van der Waals surface area (Å²) in [5, 5.41) is 2.82. The summed E-state index contributed by atoms with van der Waals surface area (Å²) in [6.07, 6.45) is 0. The molecule has 4 heteroatoms. The zero-order valence-corrected chi connectivity index (χ0v) is 12.9. The second-order valence-corrected chi connectivity index (χ2v) is 6.69. The van der Waals surface area contributed by atoms with Gasteiger partial charge in [0.05, 0.1) is 0 Å². The van der Waals surface area contributed by atoms with Crippen LogP contribution in [0.1, 0.15) is 36.9 Å². The van der Waals surface area contributed by atoms with Gasteiger partial charge in [-0.1, -0.05) is 43.8 Å². The van der Waals surface area contributed by atoms with Crippen molar-refractivity contribution in [3.63, 3.8) is 0 Å². The van der Waals surface area contributed by atoms with E-state index in [0.717, 1.165) is 16.1 Å². The SMILES string of the molecule is CC(C)c1ccc(Sc2ccc3c(c2)NC(=O)C3N)cc1. The van der Waals surface area contributed by atoms with Crippen molar-refractivity contribution in [1.29, 1.82) is 0 Å².